The Morgan fingerprint density at radius 2 is 1.55 bits per heavy atom. The number of halogens is 2. The fourth-order valence-corrected chi connectivity index (χ4v) is 3.44. The van der Waals surface area contributed by atoms with Crippen molar-refractivity contribution in [2.75, 3.05) is 39.8 Å². The Bertz CT molecular complexity index is 847. The maximum absolute atomic E-state index is 13.9. The summed E-state index contributed by atoms with van der Waals surface area (Å²) in [5.41, 5.74) is 0.541. The van der Waals surface area contributed by atoms with Gasteiger partial charge >= 0.3 is 0 Å². The summed E-state index contributed by atoms with van der Waals surface area (Å²) in [6.45, 7) is 3.80. The molecule has 0 N–H and O–H groups in total. The molecule has 0 saturated carbocycles. The molecule has 0 radical (unpaired) electrons. The summed E-state index contributed by atoms with van der Waals surface area (Å²) in [6.07, 6.45) is 0. The molecule has 2 aromatic carbocycles. The van der Waals surface area contributed by atoms with E-state index in [9.17, 15) is 18.4 Å². The third kappa shape index (κ3) is 4.79. The van der Waals surface area contributed by atoms with Gasteiger partial charge in [0.1, 0.15) is 17.2 Å². The van der Waals surface area contributed by atoms with E-state index in [4.69, 9.17) is 0 Å². The number of benzene rings is 2. The molecule has 7 heteroatoms. The van der Waals surface area contributed by atoms with Gasteiger partial charge < -0.3 is 9.80 Å². The van der Waals surface area contributed by atoms with Gasteiger partial charge in [-0.1, -0.05) is 36.4 Å². The molecular formula is C22H25F2N3O2. The Morgan fingerprint density at radius 1 is 0.966 bits per heavy atom. The molecule has 1 unspecified atom stereocenters. The van der Waals surface area contributed by atoms with E-state index in [2.05, 4.69) is 0 Å². The number of hydrogen-bond donors (Lipinski definition) is 0. The van der Waals surface area contributed by atoms with Crippen LogP contribution in [0.3, 0.4) is 0 Å². The molecule has 1 saturated heterocycles. The van der Waals surface area contributed by atoms with Crippen LogP contribution in [0.1, 0.15) is 28.9 Å². The predicted molar refractivity (Wildman–Crippen MR) is 106 cm³/mol. The van der Waals surface area contributed by atoms with E-state index in [0.717, 1.165) is 17.7 Å². The molecule has 29 heavy (non-hydrogen) atoms. The molecule has 2 aromatic rings. The van der Waals surface area contributed by atoms with Gasteiger partial charge in [0.05, 0.1) is 12.6 Å². The second-order valence-corrected chi connectivity index (χ2v) is 7.26. The number of likely N-dealkylation sites (N-methyl/N-ethyl adjacent to an activating group) is 1. The standard InChI is InChI=1S/C22H25F2N3O2/c1-16(17-7-4-3-5-8-17)25(2)20(28)15-26-11-13-27(14-12-26)22(29)21-18(23)9-6-10-19(21)24/h3-10,16H,11-15H2,1-2H3. The zero-order valence-electron chi connectivity index (χ0n) is 16.6. The van der Waals surface area contributed by atoms with Crippen molar-refractivity contribution in [2.24, 2.45) is 0 Å². The van der Waals surface area contributed by atoms with Crippen molar-refractivity contribution in [3.05, 3.63) is 71.3 Å². The number of carbonyl (C=O) groups is 2. The van der Waals surface area contributed by atoms with E-state index in [-0.39, 0.29) is 18.5 Å². The Balaban J connectivity index is 1.54. The average molecular weight is 401 g/mol. The summed E-state index contributed by atoms with van der Waals surface area (Å²) in [4.78, 5) is 30.2. The first-order chi connectivity index (χ1) is 13.9. The Morgan fingerprint density at radius 3 is 2.14 bits per heavy atom. The van der Waals surface area contributed by atoms with Crippen molar-refractivity contribution in [1.82, 2.24) is 14.7 Å². The van der Waals surface area contributed by atoms with E-state index >= 15 is 0 Å². The molecule has 0 aromatic heterocycles. The molecule has 1 aliphatic rings. The van der Waals surface area contributed by atoms with Gasteiger partial charge in [-0.2, -0.15) is 0 Å². The van der Waals surface area contributed by atoms with Crippen LogP contribution in [0.2, 0.25) is 0 Å². The molecule has 1 heterocycles. The molecule has 5 nitrogen and oxygen atoms in total. The second kappa shape index (κ2) is 9.13. The first kappa shape index (κ1) is 20.9. The average Bonchev–Trinajstić information content (AvgIpc) is 2.73. The van der Waals surface area contributed by atoms with Crippen LogP contribution in [0.25, 0.3) is 0 Å². The van der Waals surface area contributed by atoms with Crippen LogP contribution >= 0.6 is 0 Å². The monoisotopic (exact) mass is 401 g/mol. The molecule has 0 aliphatic carbocycles. The lowest BCUT2D eigenvalue weighted by molar-refractivity contribution is -0.133. The normalized spacial score (nSPS) is 15.8. The van der Waals surface area contributed by atoms with Crippen LogP contribution in [-0.4, -0.2) is 66.3 Å². The van der Waals surface area contributed by atoms with E-state index in [1.165, 1.54) is 11.0 Å². The Hall–Kier alpha value is -2.80. The number of nitrogens with zero attached hydrogens (tertiary/aromatic N) is 3. The van der Waals surface area contributed by atoms with E-state index < -0.39 is 23.1 Å². The summed E-state index contributed by atoms with van der Waals surface area (Å²) in [6, 6.07) is 13.1. The molecule has 154 valence electrons. The van der Waals surface area contributed by atoms with Crippen molar-refractivity contribution >= 4 is 11.8 Å². The second-order valence-electron chi connectivity index (χ2n) is 7.26. The highest BCUT2D eigenvalue weighted by Crippen LogP contribution is 2.19. The molecule has 1 fully saturated rings. The predicted octanol–water partition coefficient (Wildman–Crippen LogP) is 2.94. The largest absolute Gasteiger partial charge is 0.338 e. The number of piperazine rings is 1. The SMILES string of the molecule is CC(c1ccccc1)N(C)C(=O)CN1CCN(C(=O)c2c(F)cccc2F)CC1. The molecular weight excluding hydrogens is 376 g/mol. The van der Waals surface area contributed by atoms with Gasteiger partial charge in [-0.3, -0.25) is 14.5 Å². The highest BCUT2D eigenvalue weighted by Gasteiger charge is 2.28. The Kier molecular flexibility index (Phi) is 6.59. The van der Waals surface area contributed by atoms with Crippen LogP contribution in [0.5, 0.6) is 0 Å². The molecule has 0 bridgehead atoms. The van der Waals surface area contributed by atoms with Gasteiger partial charge in [0.15, 0.2) is 0 Å². The van der Waals surface area contributed by atoms with Gasteiger partial charge in [-0.15, -0.1) is 0 Å². The maximum atomic E-state index is 13.9. The molecule has 1 atom stereocenters. The number of rotatable bonds is 5. The van der Waals surface area contributed by atoms with E-state index in [1.54, 1.807) is 11.9 Å². The molecule has 1 aliphatic heterocycles. The lowest BCUT2D eigenvalue weighted by Crippen LogP contribution is -2.51. The Labute approximate surface area is 169 Å². The van der Waals surface area contributed by atoms with Gasteiger partial charge in [0, 0.05) is 33.2 Å². The fourth-order valence-electron chi connectivity index (χ4n) is 3.44. The topological polar surface area (TPSA) is 43.9 Å². The van der Waals surface area contributed by atoms with Crippen LogP contribution in [-0.2, 0) is 4.79 Å². The summed E-state index contributed by atoms with van der Waals surface area (Å²) in [7, 11) is 1.78. The summed E-state index contributed by atoms with van der Waals surface area (Å²) in [5, 5.41) is 0. The van der Waals surface area contributed by atoms with Gasteiger partial charge in [0.2, 0.25) is 5.91 Å². The number of amides is 2. The van der Waals surface area contributed by atoms with Crippen LogP contribution in [0.15, 0.2) is 48.5 Å². The van der Waals surface area contributed by atoms with Crippen molar-refractivity contribution in [2.45, 2.75) is 13.0 Å². The summed E-state index contributed by atoms with van der Waals surface area (Å²) < 4.78 is 27.7. The summed E-state index contributed by atoms with van der Waals surface area (Å²) in [5.74, 6) is -2.38. The minimum atomic E-state index is -0.857. The minimum absolute atomic E-state index is 0.0127. The van der Waals surface area contributed by atoms with Gasteiger partial charge in [-0.05, 0) is 24.6 Å². The third-order valence-corrected chi connectivity index (χ3v) is 5.45. The lowest BCUT2D eigenvalue weighted by Gasteiger charge is -2.36. The highest BCUT2D eigenvalue weighted by molar-refractivity contribution is 5.94. The van der Waals surface area contributed by atoms with Crippen molar-refractivity contribution < 1.29 is 18.4 Å². The zero-order valence-corrected chi connectivity index (χ0v) is 16.6. The quantitative estimate of drug-likeness (QED) is 0.774. The maximum Gasteiger partial charge on any atom is 0.259 e. The third-order valence-electron chi connectivity index (χ3n) is 5.45. The van der Waals surface area contributed by atoms with Crippen molar-refractivity contribution in [3.63, 3.8) is 0 Å². The summed E-state index contributed by atoms with van der Waals surface area (Å²) >= 11 is 0. The van der Waals surface area contributed by atoms with E-state index in [1.807, 2.05) is 42.2 Å². The molecule has 0 spiro atoms. The van der Waals surface area contributed by atoms with E-state index in [0.29, 0.717) is 26.2 Å². The first-order valence-corrected chi connectivity index (χ1v) is 9.64. The number of carbonyl (C=O) groups excluding carboxylic acids is 2. The first-order valence-electron chi connectivity index (χ1n) is 9.64. The fraction of sp³-hybridized carbons (Fsp3) is 0.364. The highest BCUT2D eigenvalue weighted by atomic mass is 19.1. The van der Waals surface area contributed by atoms with Crippen molar-refractivity contribution in [1.29, 1.82) is 0 Å². The van der Waals surface area contributed by atoms with Crippen LogP contribution in [0.4, 0.5) is 8.78 Å². The van der Waals surface area contributed by atoms with Crippen molar-refractivity contribution in [3.8, 4) is 0 Å². The minimum Gasteiger partial charge on any atom is -0.338 e. The number of hydrogen-bond acceptors (Lipinski definition) is 3. The smallest absolute Gasteiger partial charge is 0.259 e. The zero-order chi connectivity index (χ0) is 21.0. The lowest BCUT2D eigenvalue weighted by atomic mass is 10.1. The van der Waals surface area contributed by atoms with Crippen LogP contribution in [0, 0.1) is 11.6 Å². The van der Waals surface area contributed by atoms with Gasteiger partial charge in [0.25, 0.3) is 5.91 Å². The molecule has 3 rings (SSSR count). The van der Waals surface area contributed by atoms with Crippen LogP contribution < -0.4 is 0 Å². The molecule has 2 amide bonds. The van der Waals surface area contributed by atoms with Gasteiger partial charge in [-0.25, -0.2) is 8.78 Å².